The Bertz CT molecular complexity index is 1490. The molecule has 3 aromatic carbocycles. The number of amides is 1. The van der Waals surface area contributed by atoms with Crippen LogP contribution in [-0.2, 0) is 27.4 Å². The van der Waals surface area contributed by atoms with Crippen LogP contribution in [0, 0.1) is 0 Å². The van der Waals surface area contributed by atoms with Crippen LogP contribution >= 0.6 is 0 Å². The van der Waals surface area contributed by atoms with Gasteiger partial charge in [0.15, 0.2) is 12.4 Å². The number of carbonyl (C=O) groups excluding carboxylic acids is 2. The maximum absolute atomic E-state index is 12.8. The summed E-state index contributed by atoms with van der Waals surface area (Å²) in [5.41, 5.74) is -0.312. The van der Waals surface area contributed by atoms with Crippen LogP contribution in [0.3, 0.4) is 0 Å². The molecule has 0 saturated heterocycles. The highest BCUT2D eigenvalue weighted by Crippen LogP contribution is 2.29. The van der Waals surface area contributed by atoms with E-state index in [4.69, 9.17) is 9.47 Å². The minimum absolute atomic E-state index is 0.157. The number of hydrogen-bond acceptors (Lipinski definition) is 6. The maximum Gasteiger partial charge on any atom is 0.332 e. The van der Waals surface area contributed by atoms with E-state index in [1.54, 1.807) is 67.6 Å². The van der Waals surface area contributed by atoms with E-state index in [0.717, 1.165) is 4.57 Å². The molecule has 0 bridgehead atoms. The fraction of sp³-hybridized carbons (Fsp3) is 0.154. The number of ether oxygens (including phenoxy) is 2. The van der Waals surface area contributed by atoms with Crippen LogP contribution in [0.25, 0.3) is 10.9 Å². The Labute approximate surface area is 200 Å². The van der Waals surface area contributed by atoms with Crippen LogP contribution in [0.2, 0.25) is 0 Å². The van der Waals surface area contributed by atoms with Crippen molar-refractivity contribution >= 4 is 28.5 Å². The van der Waals surface area contributed by atoms with Crippen LogP contribution in [-0.4, -0.2) is 27.6 Å². The summed E-state index contributed by atoms with van der Waals surface area (Å²) in [4.78, 5) is 50.2. The zero-order chi connectivity index (χ0) is 24.8. The fourth-order valence-electron chi connectivity index (χ4n) is 3.58. The second-order valence-corrected chi connectivity index (χ2v) is 7.56. The molecule has 0 radical (unpaired) electrons. The fourth-order valence-corrected chi connectivity index (χ4v) is 3.58. The lowest BCUT2D eigenvalue weighted by Gasteiger charge is -2.14. The molecule has 9 nitrogen and oxygen atoms in total. The monoisotopic (exact) mass is 473 g/mol. The van der Waals surface area contributed by atoms with Crippen molar-refractivity contribution in [3.05, 3.63) is 99.7 Å². The van der Waals surface area contributed by atoms with Crippen molar-refractivity contribution in [2.75, 3.05) is 11.9 Å². The van der Waals surface area contributed by atoms with E-state index in [2.05, 4.69) is 5.32 Å². The first kappa shape index (κ1) is 23.5. The standard InChI is InChI=1S/C26H23N3O6/c1-2-28-25(32)19-12-6-8-14-21(19)29(26(28)33)16-24(31)34-17-23(30)27-20-13-7-9-15-22(20)35-18-10-4-3-5-11-18/h3-15H,2,16-17H2,1H3,(H,27,30). The van der Waals surface area contributed by atoms with E-state index in [9.17, 15) is 19.2 Å². The van der Waals surface area contributed by atoms with Crippen molar-refractivity contribution in [2.45, 2.75) is 20.0 Å². The molecule has 1 aromatic heterocycles. The summed E-state index contributed by atoms with van der Waals surface area (Å²) in [5, 5.41) is 2.98. The SMILES string of the molecule is CCn1c(=O)c2ccccc2n(CC(=O)OCC(=O)Nc2ccccc2Oc2ccccc2)c1=O. The average molecular weight is 473 g/mol. The van der Waals surface area contributed by atoms with Gasteiger partial charge in [0.2, 0.25) is 0 Å². The van der Waals surface area contributed by atoms with E-state index < -0.39 is 36.3 Å². The van der Waals surface area contributed by atoms with Gasteiger partial charge in [-0.25, -0.2) is 4.79 Å². The number of hydrogen-bond donors (Lipinski definition) is 1. The van der Waals surface area contributed by atoms with Crippen molar-refractivity contribution < 1.29 is 19.1 Å². The third kappa shape index (κ3) is 5.30. The Morgan fingerprint density at radius 3 is 2.31 bits per heavy atom. The van der Waals surface area contributed by atoms with Gasteiger partial charge in [-0.3, -0.25) is 23.5 Å². The Hall–Kier alpha value is -4.66. The van der Waals surface area contributed by atoms with E-state index in [1.165, 1.54) is 4.57 Å². The van der Waals surface area contributed by atoms with Crippen molar-refractivity contribution in [3.63, 3.8) is 0 Å². The van der Waals surface area contributed by atoms with Crippen LogP contribution in [0.4, 0.5) is 5.69 Å². The molecular formula is C26H23N3O6. The summed E-state index contributed by atoms with van der Waals surface area (Å²) in [5.74, 6) is -0.328. The first-order valence-corrected chi connectivity index (χ1v) is 11.0. The average Bonchev–Trinajstić information content (AvgIpc) is 2.87. The van der Waals surface area contributed by atoms with Crippen LogP contribution in [0.15, 0.2) is 88.5 Å². The number of carbonyl (C=O) groups is 2. The Morgan fingerprint density at radius 2 is 1.54 bits per heavy atom. The van der Waals surface area contributed by atoms with Gasteiger partial charge in [-0.1, -0.05) is 42.5 Å². The van der Waals surface area contributed by atoms with Gasteiger partial charge in [-0.05, 0) is 43.3 Å². The van der Waals surface area contributed by atoms with Gasteiger partial charge in [-0.15, -0.1) is 0 Å². The van der Waals surface area contributed by atoms with Crippen LogP contribution < -0.4 is 21.3 Å². The molecule has 1 N–H and O–H groups in total. The predicted molar refractivity (Wildman–Crippen MR) is 131 cm³/mol. The summed E-state index contributed by atoms with van der Waals surface area (Å²) in [7, 11) is 0. The van der Waals surface area contributed by atoms with Gasteiger partial charge in [0.05, 0.1) is 16.6 Å². The molecule has 1 heterocycles. The first-order valence-electron chi connectivity index (χ1n) is 11.0. The molecule has 0 unspecified atom stereocenters. The molecule has 0 aliphatic carbocycles. The second kappa shape index (κ2) is 10.5. The number of anilines is 1. The van der Waals surface area contributed by atoms with Crippen LogP contribution in [0.1, 0.15) is 6.92 Å². The molecule has 4 aromatic rings. The van der Waals surface area contributed by atoms with Gasteiger partial charge >= 0.3 is 11.7 Å². The smallest absolute Gasteiger partial charge is 0.332 e. The topological polar surface area (TPSA) is 109 Å². The van der Waals surface area contributed by atoms with E-state index in [1.807, 2.05) is 18.2 Å². The highest BCUT2D eigenvalue weighted by atomic mass is 16.5. The molecule has 0 atom stereocenters. The molecule has 9 heteroatoms. The zero-order valence-corrected chi connectivity index (χ0v) is 19.0. The number of rotatable bonds is 8. The molecule has 35 heavy (non-hydrogen) atoms. The number of fused-ring (bicyclic) bond motifs is 1. The highest BCUT2D eigenvalue weighted by molar-refractivity contribution is 5.94. The minimum Gasteiger partial charge on any atom is -0.455 e. The summed E-state index contributed by atoms with van der Waals surface area (Å²) >= 11 is 0. The van der Waals surface area contributed by atoms with E-state index >= 15 is 0 Å². The van der Waals surface area contributed by atoms with Crippen molar-refractivity contribution in [2.24, 2.45) is 0 Å². The second-order valence-electron chi connectivity index (χ2n) is 7.56. The van der Waals surface area contributed by atoms with E-state index in [0.29, 0.717) is 28.1 Å². The lowest BCUT2D eigenvalue weighted by atomic mass is 10.2. The third-order valence-electron chi connectivity index (χ3n) is 5.23. The van der Waals surface area contributed by atoms with Crippen molar-refractivity contribution in [1.29, 1.82) is 0 Å². The van der Waals surface area contributed by atoms with Gasteiger partial charge in [0.1, 0.15) is 12.3 Å². The van der Waals surface area contributed by atoms with E-state index in [-0.39, 0.29) is 6.54 Å². The van der Waals surface area contributed by atoms with Gasteiger partial charge < -0.3 is 14.8 Å². The van der Waals surface area contributed by atoms with Crippen LogP contribution in [0.5, 0.6) is 11.5 Å². The molecule has 0 fully saturated rings. The molecule has 0 saturated carbocycles. The zero-order valence-electron chi connectivity index (χ0n) is 19.0. The summed E-state index contributed by atoms with van der Waals surface area (Å²) < 4.78 is 13.1. The van der Waals surface area contributed by atoms with Crippen molar-refractivity contribution in [3.8, 4) is 11.5 Å². The summed E-state index contributed by atoms with van der Waals surface area (Å²) in [6, 6.07) is 22.5. The van der Waals surface area contributed by atoms with Gasteiger partial charge in [-0.2, -0.15) is 0 Å². The maximum atomic E-state index is 12.8. The molecule has 178 valence electrons. The number of esters is 1. The Balaban J connectivity index is 1.44. The summed E-state index contributed by atoms with van der Waals surface area (Å²) in [6.07, 6.45) is 0. The number of nitrogens with zero attached hydrogens (tertiary/aromatic N) is 2. The number of benzene rings is 3. The number of aromatic nitrogens is 2. The predicted octanol–water partition coefficient (Wildman–Crippen LogP) is 3.16. The quantitative estimate of drug-likeness (QED) is 0.394. The van der Waals surface area contributed by atoms with Gasteiger partial charge in [0.25, 0.3) is 11.5 Å². The minimum atomic E-state index is -0.789. The molecule has 1 amide bonds. The molecule has 4 rings (SSSR count). The Morgan fingerprint density at radius 1 is 0.857 bits per heavy atom. The molecule has 0 aliphatic heterocycles. The Kier molecular flexibility index (Phi) is 7.06. The molecular weight excluding hydrogens is 450 g/mol. The lowest BCUT2D eigenvalue weighted by Crippen LogP contribution is -2.41. The van der Waals surface area contributed by atoms with Crippen molar-refractivity contribution in [1.82, 2.24) is 9.13 Å². The third-order valence-corrected chi connectivity index (χ3v) is 5.23. The molecule has 0 spiro atoms. The number of para-hydroxylation sites is 4. The highest BCUT2D eigenvalue weighted by Gasteiger charge is 2.16. The summed E-state index contributed by atoms with van der Waals surface area (Å²) in [6.45, 7) is 0.827. The lowest BCUT2D eigenvalue weighted by molar-refractivity contribution is -0.147. The normalized spacial score (nSPS) is 10.7. The largest absolute Gasteiger partial charge is 0.455 e. The number of nitrogens with one attached hydrogen (secondary N) is 1. The first-order chi connectivity index (χ1) is 17.0. The van der Waals surface area contributed by atoms with Gasteiger partial charge in [0, 0.05) is 6.54 Å². The molecule has 0 aliphatic rings.